The maximum absolute atomic E-state index is 12.5. The molecule has 3 rings (SSSR count). The lowest BCUT2D eigenvalue weighted by molar-refractivity contribution is -0.150. The molecule has 0 spiro atoms. The van der Waals surface area contributed by atoms with E-state index in [0.29, 0.717) is 6.04 Å². The molecule has 0 radical (unpaired) electrons. The second-order valence-electron chi connectivity index (χ2n) is 7.46. The molecule has 0 saturated carbocycles. The molecule has 0 unspecified atom stereocenters. The number of methoxy groups -OCH3 is 1. The van der Waals surface area contributed by atoms with Crippen molar-refractivity contribution in [1.82, 2.24) is 4.90 Å². The Hall–Kier alpha value is -1.83. The summed E-state index contributed by atoms with van der Waals surface area (Å²) in [6, 6.07) is 9.23. The van der Waals surface area contributed by atoms with E-state index in [0.717, 1.165) is 37.7 Å². The fourth-order valence-corrected chi connectivity index (χ4v) is 4.57. The number of unbranched alkanes of at least 4 members (excludes halogenated alkanes) is 2. The summed E-state index contributed by atoms with van der Waals surface area (Å²) in [4.78, 5) is 14.9. The quantitative estimate of drug-likeness (QED) is 0.501. The van der Waals surface area contributed by atoms with Gasteiger partial charge in [-0.05, 0) is 56.8 Å². The van der Waals surface area contributed by atoms with Gasteiger partial charge in [-0.2, -0.15) is 0 Å². The maximum Gasteiger partial charge on any atom is 0.310 e. The highest BCUT2D eigenvalue weighted by molar-refractivity contribution is 5.75. The van der Waals surface area contributed by atoms with Crippen LogP contribution in [0.5, 0.6) is 0 Å². The average Bonchev–Trinajstić information content (AvgIpc) is 2.90. The highest BCUT2D eigenvalue weighted by atomic mass is 16.5. The Morgan fingerprint density at radius 2 is 2.04 bits per heavy atom. The first-order valence-electron chi connectivity index (χ1n) is 9.65. The van der Waals surface area contributed by atoms with E-state index >= 15 is 0 Å². The number of hydrogen-bond acceptors (Lipinski definition) is 4. The van der Waals surface area contributed by atoms with Gasteiger partial charge in [0.2, 0.25) is 0 Å². The summed E-state index contributed by atoms with van der Waals surface area (Å²) in [7, 11) is 3.64. The molecule has 140 valence electrons. The Morgan fingerprint density at radius 3 is 2.73 bits per heavy atom. The zero-order chi connectivity index (χ0) is 18.5. The third-order valence-corrected chi connectivity index (χ3v) is 6.02. The number of esters is 1. The summed E-state index contributed by atoms with van der Waals surface area (Å²) < 4.78 is 5.14. The van der Waals surface area contributed by atoms with Gasteiger partial charge in [0.05, 0.1) is 13.0 Å². The lowest BCUT2D eigenvalue weighted by Crippen LogP contribution is -2.49. The predicted octanol–water partition coefficient (Wildman–Crippen LogP) is 2.94. The first kappa shape index (κ1) is 18.9. The lowest BCUT2D eigenvalue weighted by Gasteiger charge is -2.41. The minimum absolute atomic E-state index is 0.0834. The number of ether oxygens (including phenoxy) is 1. The molecule has 1 aromatic rings. The van der Waals surface area contributed by atoms with Crippen LogP contribution in [-0.2, 0) is 9.53 Å². The fraction of sp³-hybridized carbons (Fsp3) is 0.591. The van der Waals surface area contributed by atoms with Crippen LogP contribution in [0.4, 0.5) is 0 Å². The largest absolute Gasteiger partial charge is 0.469 e. The SMILES string of the molecule is COC(=O)[C@H]1[C@@H](c2ccc(C#CCCCCO)cc2)C[C@@H]2CC[C@H]1N2C. The van der Waals surface area contributed by atoms with E-state index in [1.807, 2.05) is 0 Å². The molecular weight excluding hydrogens is 326 g/mol. The van der Waals surface area contributed by atoms with E-state index in [1.165, 1.54) is 19.1 Å². The van der Waals surface area contributed by atoms with Crippen molar-refractivity contribution in [2.45, 2.75) is 56.5 Å². The van der Waals surface area contributed by atoms with E-state index in [4.69, 9.17) is 9.84 Å². The molecule has 4 nitrogen and oxygen atoms in total. The van der Waals surface area contributed by atoms with Gasteiger partial charge >= 0.3 is 5.97 Å². The maximum atomic E-state index is 12.5. The standard InChI is InChI=1S/C22H29NO3/c1-23-18-12-13-20(23)21(22(25)26-2)19(15-18)17-10-8-16(9-11-17)7-5-3-4-6-14-24/h8-11,18-21,24H,3-4,6,12-15H2,1-2H3/t18-,19+,20+,21-/m0/s1. The van der Waals surface area contributed by atoms with Crippen LogP contribution in [-0.4, -0.2) is 48.8 Å². The minimum Gasteiger partial charge on any atom is -0.469 e. The Kier molecular flexibility index (Phi) is 6.34. The van der Waals surface area contributed by atoms with Gasteiger partial charge < -0.3 is 9.84 Å². The van der Waals surface area contributed by atoms with Crippen molar-refractivity contribution in [3.63, 3.8) is 0 Å². The predicted molar refractivity (Wildman–Crippen MR) is 102 cm³/mol. The summed E-state index contributed by atoms with van der Waals surface area (Å²) >= 11 is 0. The molecule has 4 heteroatoms. The van der Waals surface area contributed by atoms with Gasteiger partial charge in [-0.25, -0.2) is 0 Å². The van der Waals surface area contributed by atoms with E-state index in [-0.39, 0.29) is 30.5 Å². The zero-order valence-electron chi connectivity index (χ0n) is 15.8. The summed E-state index contributed by atoms with van der Waals surface area (Å²) in [5, 5.41) is 8.79. The number of rotatable bonds is 5. The van der Waals surface area contributed by atoms with E-state index in [9.17, 15) is 4.79 Å². The van der Waals surface area contributed by atoms with Crippen molar-refractivity contribution in [2.24, 2.45) is 5.92 Å². The summed E-state index contributed by atoms with van der Waals surface area (Å²) in [5.74, 6) is 6.40. The van der Waals surface area contributed by atoms with Crippen LogP contribution >= 0.6 is 0 Å². The number of aliphatic hydroxyl groups excluding tert-OH is 1. The topological polar surface area (TPSA) is 49.8 Å². The number of aliphatic hydroxyl groups is 1. The molecule has 0 amide bonds. The smallest absolute Gasteiger partial charge is 0.310 e. The van der Waals surface area contributed by atoms with Crippen molar-refractivity contribution < 1.29 is 14.6 Å². The highest BCUT2D eigenvalue weighted by Gasteiger charge is 2.49. The third kappa shape index (κ3) is 3.95. The van der Waals surface area contributed by atoms with Crippen LogP contribution in [0.1, 0.15) is 55.6 Å². The number of fused-ring (bicyclic) bond motifs is 2. The Morgan fingerprint density at radius 1 is 1.27 bits per heavy atom. The molecule has 1 N–H and O–H groups in total. The minimum atomic E-state index is -0.0841. The van der Waals surface area contributed by atoms with Gasteiger partial charge in [0.25, 0.3) is 0 Å². The van der Waals surface area contributed by atoms with Gasteiger partial charge in [0.15, 0.2) is 0 Å². The van der Waals surface area contributed by atoms with Crippen LogP contribution < -0.4 is 0 Å². The van der Waals surface area contributed by atoms with Gasteiger partial charge in [-0.1, -0.05) is 24.0 Å². The summed E-state index contributed by atoms with van der Waals surface area (Å²) in [6.45, 7) is 0.232. The van der Waals surface area contributed by atoms with Gasteiger partial charge in [-0.3, -0.25) is 9.69 Å². The summed E-state index contributed by atoms with van der Waals surface area (Å²) in [6.07, 6.45) is 5.81. The lowest BCUT2D eigenvalue weighted by atomic mass is 9.76. The second-order valence-corrected chi connectivity index (χ2v) is 7.46. The number of carbonyl (C=O) groups excluding carboxylic acids is 1. The van der Waals surface area contributed by atoms with Crippen molar-refractivity contribution in [3.05, 3.63) is 35.4 Å². The molecular formula is C22H29NO3. The molecule has 26 heavy (non-hydrogen) atoms. The van der Waals surface area contributed by atoms with E-state index in [1.54, 1.807) is 0 Å². The molecule has 0 aromatic heterocycles. The molecule has 2 saturated heterocycles. The van der Waals surface area contributed by atoms with Gasteiger partial charge in [-0.15, -0.1) is 0 Å². The van der Waals surface area contributed by atoms with Crippen molar-refractivity contribution >= 4 is 5.97 Å². The van der Waals surface area contributed by atoms with E-state index in [2.05, 4.69) is 48.1 Å². The van der Waals surface area contributed by atoms with Crippen molar-refractivity contribution in [1.29, 1.82) is 0 Å². The first-order valence-corrected chi connectivity index (χ1v) is 9.65. The Balaban J connectivity index is 1.74. The van der Waals surface area contributed by atoms with Crippen molar-refractivity contribution in [3.8, 4) is 11.8 Å². The number of piperidine rings is 1. The molecule has 2 aliphatic rings. The van der Waals surface area contributed by atoms with E-state index < -0.39 is 0 Å². The van der Waals surface area contributed by atoms with Crippen LogP contribution in [0.3, 0.4) is 0 Å². The molecule has 2 bridgehead atoms. The third-order valence-electron chi connectivity index (χ3n) is 6.02. The highest BCUT2D eigenvalue weighted by Crippen LogP contribution is 2.46. The van der Waals surface area contributed by atoms with Crippen LogP contribution in [0.15, 0.2) is 24.3 Å². The normalized spacial score (nSPS) is 27.7. The van der Waals surface area contributed by atoms with Crippen LogP contribution in [0.2, 0.25) is 0 Å². The average molecular weight is 355 g/mol. The number of nitrogens with zero attached hydrogens (tertiary/aromatic N) is 1. The molecule has 4 atom stereocenters. The fourth-order valence-electron chi connectivity index (χ4n) is 4.57. The van der Waals surface area contributed by atoms with Crippen LogP contribution in [0, 0.1) is 17.8 Å². The number of hydrogen-bond donors (Lipinski definition) is 1. The molecule has 2 aliphatic heterocycles. The summed E-state index contributed by atoms with van der Waals surface area (Å²) in [5.41, 5.74) is 2.22. The molecule has 2 heterocycles. The number of carbonyl (C=O) groups is 1. The zero-order valence-corrected chi connectivity index (χ0v) is 15.8. The van der Waals surface area contributed by atoms with Gasteiger partial charge in [0, 0.05) is 36.6 Å². The Labute approximate surface area is 156 Å². The van der Waals surface area contributed by atoms with Gasteiger partial charge in [0.1, 0.15) is 0 Å². The van der Waals surface area contributed by atoms with Crippen LogP contribution in [0.25, 0.3) is 0 Å². The molecule has 2 fully saturated rings. The second kappa shape index (κ2) is 8.70. The van der Waals surface area contributed by atoms with Crippen molar-refractivity contribution in [2.75, 3.05) is 20.8 Å². The monoisotopic (exact) mass is 355 g/mol. The Bertz CT molecular complexity index is 673. The molecule has 1 aromatic carbocycles. The first-order chi connectivity index (χ1) is 12.7. The molecule has 0 aliphatic carbocycles. The number of benzene rings is 1.